The van der Waals surface area contributed by atoms with E-state index in [1.165, 1.54) is 24.4 Å². The number of alkyl halides is 3. The van der Waals surface area contributed by atoms with Gasteiger partial charge in [0.15, 0.2) is 0 Å². The summed E-state index contributed by atoms with van der Waals surface area (Å²) in [5.74, 6) is -1.50. The first-order valence-electron chi connectivity index (χ1n) is 5.77. The Bertz CT molecular complexity index is 683. The Morgan fingerprint density at radius 2 is 1.90 bits per heavy atom. The third-order valence-electron chi connectivity index (χ3n) is 2.82. The Morgan fingerprint density at radius 3 is 2.48 bits per heavy atom. The molecule has 1 N–H and O–H groups in total. The van der Waals surface area contributed by atoms with Gasteiger partial charge in [-0.3, -0.25) is 4.98 Å². The molecule has 0 unspecified atom stereocenters. The molecular weight excluding hydrogens is 287 g/mol. The van der Waals surface area contributed by atoms with Crippen LogP contribution in [0.25, 0.3) is 11.1 Å². The predicted molar refractivity (Wildman–Crippen MR) is 68.2 cm³/mol. The lowest BCUT2D eigenvalue weighted by Crippen LogP contribution is -2.07. The molecule has 1 aromatic heterocycles. The number of ether oxygens (including phenoxy) is 1. The summed E-state index contributed by atoms with van der Waals surface area (Å²) in [4.78, 5) is 14.6. The van der Waals surface area contributed by atoms with Gasteiger partial charge in [0, 0.05) is 18.0 Å². The van der Waals surface area contributed by atoms with Crippen molar-refractivity contribution >= 4 is 5.97 Å². The molecule has 1 heterocycles. The zero-order chi connectivity index (χ0) is 15.6. The molecule has 21 heavy (non-hydrogen) atoms. The molecule has 0 spiro atoms. The van der Waals surface area contributed by atoms with Crippen molar-refractivity contribution in [2.45, 2.75) is 6.18 Å². The minimum absolute atomic E-state index is 0.100. The normalized spacial score (nSPS) is 11.2. The highest BCUT2D eigenvalue weighted by molar-refractivity contribution is 5.88. The van der Waals surface area contributed by atoms with Gasteiger partial charge in [-0.25, -0.2) is 4.79 Å². The third-order valence-corrected chi connectivity index (χ3v) is 2.82. The number of carboxylic acids is 1. The first-order valence-corrected chi connectivity index (χ1v) is 5.77. The topological polar surface area (TPSA) is 59.4 Å². The van der Waals surface area contributed by atoms with Gasteiger partial charge in [-0.1, -0.05) is 6.07 Å². The molecule has 0 saturated heterocycles. The van der Waals surface area contributed by atoms with Crippen molar-refractivity contribution in [1.82, 2.24) is 4.98 Å². The fraction of sp³-hybridized carbons (Fsp3) is 0.143. The molecule has 110 valence electrons. The number of rotatable bonds is 3. The van der Waals surface area contributed by atoms with E-state index in [4.69, 9.17) is 9.84 Å². The van der Waals surface area contributed by atoms with Crippen LogP contribution in [0.4, 0.5) is 13.2 Å². The largest absolute Gasteiger partial charge is 0.496 e. The van der Waals surface area contributed by atoms with Crippen molar-refractivity contribution in [3.63, 3.8) is 0 Å². The lowest BCUT2D eigenvalue weighted by molar-refractivity contribution is -0.138. The molecule has 2 rings (SSSR count). The van der Waals surface area contributed by atoms with Crippen LogP contribution in [0.15, 0.2) is 36.7 Å². The van der Waals surface area contributed by atoms with E-state index in [-0.39, 0.29) is 22.4 Å². The van der Waals surface area contributed by atoms with Crippen molar-refractivity contribution in [2.75, 3.05) is 7.11 Å². The molecule has 0 saturated carbocycles. The average Bonchev–Trinajstić information content (AvgIpc) is 2.45. The van der Waals surface area contributed by atoms with E-state index in [9.17, 15) is 18.0 Å². The maximum atomic E-state index is 12.9. The van der Waals surface area contributed by atoms with Gasteiger partial charge >= 0.3 is 12.1 Å². The van der Waals surface area contributed by atoms with Crippen LogP contribution in [0.1, 0.15) is 15.9 Å². The van der Waals surface area contributed by atoms with Crippen LogP contribution in [0.5, 0.6) is 5.75 Å². The Morgan fingerprint density at radius 1 is 1.19 bits per heavy atom. The summed E-state index contributed by atoms with van der Waals surface area (Å²) in [6.07, 6.45) is -2.15. The average molecular weight is 297 g/mol. The highest BCUT2D eigenvalue weighted by Crippen LogP contribution is 2.38. The molecule has 0 amide bonds. The summed E-state index contributed by atoms with van der Waals surface area (Å²) >= 11 is 0. The molecule has 0 aliphatic carbocycles. The Balaban J connectivity index is 2.55. The maximum Gasteiger partial charge on any atom is 0.419 e. The molecule has 0 atom stereocenters. The van der Waals surface area contributed by atoms with E-state index in [0.29, 0.717) is 0 Å². The van der Waals surface area contributed by atoms with Crippen LogP contribution in [0.3, 0.4) is 0 Å². The Labute approximate surface area is 117 Å². The molecule has 0 aliphatic heterocycles. The lowest BCUT2D eigenvalue weighted by Gasteiger charge is -2.13. The number of aromatic nitrogens is 1. The first kappa shape index (κ1) is 14.8. The highest BCUT2D eigenvalue weighted by atomic mass is 19.4. The number of carbonyl (C=O) groups is 1. The molecular formula is C14H10F3NO3. The zero-order valence-corrected chi connectivity index (χ0v) is 10.8. The number of pyridine rings is 1. The number of nitrogens with zero attached hydrogens (tertiary/aromatic N) is 1. The molecule has 0 aliphatic rings. The van der Waals surface area contributed by atoms with Crippen LogP contribution in [-0.4, -0.2) is 23.2 Å². The quantitative estimate of drug-likeness (QED) is 0.942. The van der Waals surface area contributed by atoms with Crippen LogP contribution in [0.2, 0.25) is 0 Å². The number of aromatic carboxylic acids is 1. The van der Waals surface area contributed by atoms with Crippen LogP contribution >= 0.6 is 0 Å². The number of methoxy groups -OCH3 is 1. The monoisotopic (exact) mass is 297 g/mol. The SMILES string of the molecule is COc1ccc(-c2cncc(C(=O)O)c2)cc1C(F)(F)F. The zero-order valence-electron chi connectivity index (χ0n) is 10.8. The van der Waals surface area contributed by atoms with Crippen LogP contribution in [-0.2, 0) is 6.18 Å². The molecule has 1 aromatic carbocycles. The minimum Gasteiger partial charge on any atom is -0.496 e. The summed E-state index contributed by atoms with van der Waals surface area (Å²) < 4.78 is 43.5. The predicted octanol–water partition coefficient (Wildman–Crippen LogP) is 3.47. The molecule has 0 fully saturated rings. The van der Waals surface area contributed by atoms with Crippen molar-refractivity contribution in [3.8, 4) is 16.9 Å². The van der Waals surface area contributed by atoms with Crippen molar-refractivity contribution in [3.05, 3.63) is 47.8 Å². The standard InChI is InChI=1S/C14H10F3NO3/c1-21-12-3-2-8(5-11(12)14(15,16)17)9-4-10(13(19)20)7-18-6-9/h2-7H,1H3,(H,19,20). The second-order valence-electron chi connectivity index (χ2n) is 4.18. The Hall–Kier alpha value is -2.57. The Kier molecular flexibility index (Phi) is 3.84. The van der Waals surface area contributed by atoms with Gasteiger partial charge in [0.05, 0.1) is 18.2 Å². The smallest absolute Gasteiger partial charge is 0.419 e. The fourth-order valence-electron chi connectivity index (χ4n) is 1.82. The van der Waals surface area contributed by atoms with E-state index < -0.39 is 17.7 Å². The van der Waals surface area contributed by atoms with Gasteiger partial charge in [-0.15, -0.1) is 0 Å². The van der Waals surface area contributed by atoms with Crippen LogP contribution < -0.4 is 4.74 Å². The number of halogens is 3. The van der Waals surface area contributed by atoms with Gasteiger partial charge in [0.25, 0.3) is 0 Å². The summed E-state index contributed by atoms with van der Waals surface area (Å²) in [7, 11) is 1.15. The highest BCUT2D eigenvalue weighted by Gasteiger charge is 2.34. The molecule has 0 radical (unpaired) electrons. The van der Waals surface area contributed by atoms with E-state index in [0.717, 1.165) is 19.4 Å². The fourth-order valence-corrected chi connectivity index (χ4v) is 1.82. The summed E-state index contributed by atoms with van der Waals surface area (Å²) in [6.45, 7) is 0. The van der Waals surface area contributed by atoms with E-state index in [1.54, 1.807) is 0 Å². The summed E-state index contributed by atoms with van der Waals surface area (Å²) in [5, 5.41) is 8.88. The van der Waals surface area contributed by atoms with Gasteiger partial charge in [-0.05, 0) is 23.8 Å². The lowest BCUT2D eigenvalue weighted by atomic mass is 10.0. The molecule has 7 heteroatoms. The second kappa shape index (κ2) is 5.43. The van der Waals surface area contributed by atoms with E-state index in [2.05, 4.69) is 4.98 Å². The van der Waals surface area contributed by atoms with Crippen molar-refractivity contribution in [2.24, 2.45) is 0 Å². The van der Waals surface area contributed by atoms with Crippen LogP contribution in [0, 0.1) is 0 Å². The third kappa shape index (κ3) is 3.13. The number of benzene rings is 1. The van der Waals surface area contributed by atoms with Crippen molar-refractivity contribution in [1.29, 1.82) is 0 Å². The minimum atomic E-state index is -4.57. The number of hydrogen-bond donors (Lipinski definition) is 1. The van der Waals surface area contributed by atoms with Gasteiger partial charge in [0.1, 0.15) is 5.75 Å². The van der Waals surface area contributed by atoms with Crippen molar-refractivity contribution < 1.29 is 27.8 Å². The van der Waals surface area contributed by atoms with Gasteiger partial charge in [-0.2, -0.15) is 13.2 Å². The molecule has 0 bridgehead atoms. The molecule has 4 nitrogen and oxygen atoms in total. The maximum absolute atomic E-state index is 12.9. The van der Waals surface area contributed by atoms with Gasteiger partial charge in [0.2, 0.25) is 0 Å². The van der Waals surface area contributed by atoms with E-state index >= 15 is 0 Å². The van der Waals surface area contributed by atoms with E-state index in [1.807, 2.05) is 0 Å². The number of hydrogen-bond acceptors (Lipinski definition) is 3. The summed E-state index contributed by atoms with van der Waals surface area (Å²) in [6, 6.07) is 4.76. The van der Waals surface area contributed by atoms with Gasteiger partial charge < -0.3 is 9.84 Å². The number of carboxylic acid groups (broad SMARTS) is 1. The second-order valence-corrected chi connectivity index (χ2v) is 4.18. The first-order chi connectivity index (χ1) is 9.82. The molecule has 2 aromatic rings. The summed E-state index contributed by atoms with van der Waals surface area (Å²) in [5.41, 5.74) is -0.540.